The van der Waals surface area contributed by atoms with Gasteiger partial charge in [-0.05, 0) is 37.5 Å². The summed E-state index contributed by atoms with van der Waals surface area (Å²) < 4.78 is 13.3. The lowest BCUT2D eigenvalue weighted by molar-refractivity contribution is 0.542. The number of nitrogens with two attached hydrogens (primary N) is 1. The Kier molecular flexibility index (Phi) is 4.00. The van der Waals surface area contributed by atoms with Gasteiger partial charge in [0, 0.05) is 6.04 Å². The van der Waals surface area contributed by atoms with Crippen molar-refractivity contribution in [3.63, 3.8) is 0 Å². The highest BCUT2D eigenvalue weighted by molar-refractivity contribution is 5.26. The number of hydrogen-bond acceptors (Lipinski definition) is 2. The Morgan fingerprint density at radius 2 is 2.27 bits per heavy atom. The smallest absolute Gasteiger partial charge is 0.126 e. The fraction of sp³-hybridized carbons (Fsp3) is 0.333. The minimum atomic E-state index is -0.200. The first kappa shape index (κ1) is 11.9. The van der Waals surface area contributed by atoms with Crippen molar-refractivity contribution in [1.29, 1.82) is 0 Å². The third kappa shape index (κ3) is 3.15. The maximum absolute atomic E-state index is 13.3. The van der Waals surface area contributed by atoms with Gasteiger partial charge in [-0.3, -0.25) is 11.3 Å². The van der Waals surface area contributed by atoms with Crippen LogP contribution in [-0.4, -0.2) is 0 Å². The Morgan fingerprint density at radius 3 is 2.73 bits per heavy atom. The van der Waals surface area contributed by atoms with Crippen molar-refractivity contribution in [1.82, 2.24) is 5.43 Å². The van der Waals surface area contributed by atoms with Gasteiger partial charge in [-0.2, -0.15) is 0 Å². The lowest BCUT2D eigenvalue weighted by Crippen LogP contribution is -2.28. The number of aryl methyl sites for hydroxylation is 1. The van der Waals surface area contributed by atoms with Crippen molar-refractivity contribution in [2.24, 2.45) is 5.84 Å². The molecule has 3 heteroatoms. The number of hydrogen-bond donors (Lipinski definition) is 2. The van der Waals surface area contributed by atoms with Crippen LogP contribution >= 0.6 is 0 Å². The van der Waals surface area contributed by atoms with Crippen LogP contribution in [0.25, 0.3) is 0 Å². The molecule has 0 aliphatic heterocycles. The van der Waals surface area contributed by atoms with E-state index in [2.05, 4.69) is 12.0 Å². The van der Waals surface area contributed by atoms with Crippen LogP contribution in [0.3, 0.4) is 0 Å². The van der Waals surface area contributed by atoms with Crippen LogP contribution in [0.15, 0.2) is 30.4 Å². The molecule has 0 aromatic heterocycles. The fourth-order valence-corrected chi connectivity index (χ4v) is 1.45. The van der Waals surface area contributed by atoms with Gasteiger partial charge >= 0.3 is 0 Å². The molecule has 0 bridgehead atoms. The average Bonchev–Trinajstić information content (AvgIpc) is 2.18. The van der Waals surface area contributed by atoms with Crippen LogP contribution in [0.4, 0.5) is 4.39 Å². The molecule has 15 heavy (non-hydrogen) atoms. The van der Waals surface area contributed by atoms with Crippen molar-refractivity contribution < 1.29 is 4.39 Å². The molecule has 1 rings (SSSR count). The molecule has 82 valence electrons. The molecule has 1 aromatic rings. The molecule has 0 amide bonds. The van der Waals surface area contributed by atoms with Gasteiger partial charge < -0.3 is 0 Å². The van der Waals surface area contributed by atoms with Crippen molar-refractivity contribution in [3.8, 4) is 0 Å². The zero-order valence-corrected chi connectivity index (χ0v) is 9.18. The van der Waals surface area contributed by atoms with E-state index in [9.17, 15) is 4.39 Å². The van der Waals surface area contributed by atoms with Gasteiger partial charge in [-0.15, -0.1) is 6.58 Å². The van der Waals surface area contributed by atoms with E-state index in [1.54, 1.807) is 13.0 Å². The molecule has 0 aliphatic carbocycles. The first-order valence-electron chi connectivity index (χ1n) is 4.91. The van der Waals surface area contributed by atoms with Crippen molar-refractivity contribution in [3.05, 3.63) is 47.3 Å². The van der Waals surface area contributed by atoms with E-state index >= 15 is 0 Å². The van der Waals surface area contributed by atoms with Crippen LogP contribution in [0.2, 0.25) is 0 Å². The highest BCUT2D eigenvalue weighted by Gasteiger charge is 2.11. The van der Waals surface area contributed by atoms with Gasteiger partial charge in [0.25, 0.3) is 0 Å². The number of hydrazine groups is 1. The summed E-state index contributed by atoms with van der Waals surface area (Å²) >= 11 is 0. The van der Waals surface area contributed by atoms with Gasteiger partial charge in [-0.25, -0.2) is 4.39 Å². The summed E-state index contributed by atoms with van der Waals surface area (Å²) in [5, 5.41) is 0. The second-order valence-electron chi connectivity index (χ2n) is 3.89. The van der Waals surface area contributed by atoms with Crippen molar-refractivity contribution >= 4 is 0 Å². The monoisotopic (exact) mass is 208 g/mol. The molecule has 0 saturated heterocycles. The lowest BCUT2D eigenvalue weighted by atomic mass is 10.00. The zero-order chi connectivity index (χ0) is 11.4. The largest absolute Gasteiger partial charge is 0.271 e. The molecule has 3 N–H and O–H groups in total. The Labute approximate surface area is 90.0 Å². The van der Waals surface area contributed by atoms with E-state index in [0.717, 1.165) is 11.1 Å². The molecule has 0 aliphatic rings. The maximum Gasteiger partial charge on any atom is 0.126 e. The van der Waals surface area contributed by atoms with Crippen LogP contribution in [0.1, 0.15) is 30.5 Å². The summed E-state index contributed by atoms with van der Waals surface area (Å²) in [6.45, 7) is 7.48. The summed E-state index contributed by atoms with van der Waals surface area (Å²) in [7, 11) is 0. The zero-order valence-electron chi connectivity index (χ0n) is 9.18. The standard InChI is InChI=1S/C12H17FN2/c1-8(2)6-12(15-14)10-5-4-9(3)11(13)7-10/h4-5,7,12,15H,1,6,14H2,2-3H3. The average molecular weight is 208 g/mol. The molecule has 0 saturated carbocycles. The van der Waals surface area contributed by atoms with Crippen LogP contribution < -0.4 is 11.3 Å². The highest BCUT2D eigenvalue weighted by Crippen LogP contribution is 2.21. The molecule has 0 fully saturated rings. The van der Waals surface area contributed by atoms with Gasteiger partial charge in [-0.1, -0.05) is 17.7 Å². The van der Waals surface area contributed by atoms with Gasteiger partial charge in [0.1, 0.15) is 5.82 Å². The molecule has 1 unspecified atom stereocenters. The number of halogens is 1. The number of benzene rings is 1. The summed E-state index contributed by atoms with van der Waals surface area (Å²) in [6, 6.07) is 5.08. The molecule has 0 radical (unpaired) electrons. The molecule has 1 atom stereocenters. The van der Waals surface area contributed by atoms with E-state index in [0.29, 0.717) is 12.0 Å². The second-order valence-corrected chi connectivity index (χ2v) is 3.89. The number of nitrogens with one attached hydrogen (secondary N) is 1. The second kappa shape index (κ2) is 5.05. The lowest BCUT2D eigenvalue weighted by Gasteiger charge is -2.16. The van der Waals surface area contributed by atoms with Crippen molar-refractivity contribution in [2.45, 2.75) is 26.3 Å². The van der Waals surface area contributed by atoms with E-state index in [1.807, 2.05) is 13.0 Å². The Balaban J connectivity index is 2.92. The Hall–Kier alpha value is -1.19. The summed E-state index contributed by atoms with van der Waals surface area (Å²) in [6.07, 6.45) is 0.707. The molecule has 0 heterocycles. The van der Waals surface area contributed by atoms with Gasteiger partial charge in [0.2, 0.25) is 0 Å². The summed E-state index contributed by atoms with van der Waals surface area (Å²) in [5.41, 5.74) is 5.18. The van der Waals surface area contributed by atoms with E-state index in [-0.39, 0.29) is 11.9 Å². The van der Waals surface area contributed by atoms with Crippen molar-refractivity contribution in [2.75, 3.05) is 0 Å². The van der Waals surface area contributed by atoms with Crippen LogP contribution in [0, 0.1) is 12.7 Å². The highest BCUT2D eigenvalue weighted by atomic mass is 19.1. The predicted octanol–water partition coefficient (Wildman–Crippen LogP) is 2.60. The van der Waals surface area contributed by atoms with Gasteiger partial charge in [0.15, 0.2) is 0 Å². The first-order chi connectivity index (χ1) is 7.04. The number of rotatable bonds is 4. The van der Waals surface area contributed by atoms with E-state index in [4.69, 9.17) is 5.84 Å². The summed E-state index contributed by atoms with van der Waals surface area (Å²) in [5.74, 6) is 5.23. The Bertz CT molecular complexity index is 361. The normalized spacial score (nSPS) is 12.5. The van der Waals surface area contributed by atoms with Crippen LogP contribution in [-0.2, 0) is 0 Å². The molecule has 1 aromatic carbocycles. The third-order valence-electron chi connectivity index (χ3n) is 2.35. The SMILES string of the molecule is C=C(C)CC(NN)c1ccc(C)c(F)c1. The van der Waals surface area contributed by atoms with E-state index in [1.165, 1.54) is 6.07 Å². The van der Waals surface area contributed by atoms with Crippen LogP contribution in [0.5, 0.6) is 0 Å². The minimum Gasteiger partial charge on any atom is -0.271 e. The molecule has 2 nitrogen and oxygen atoms in total. The third-order valence-corrected chi connectivity index (χ3v) is 2.35. The summed E-state index contributed by atoms with van der Waals surface area (Å²) in [4.78, 5) is 0. The minimum absolute atomic E-state index is 0.0717. The molecular weight excluding hydrogens is 191 g/mol. The maximum atomic E-state index is 13.3. The van der Waals surface area contributed by atoms with Gasteiger partial charge in [0.05, 0.1) is 0 Å². The predicted molar refractivity (Wildman–Crippen MR) is 60.6 cm³/mol. The molecule has 0 spiro atoms. The van der Waals surface area contributed by atoms with E-state index < -0.39 is 0 Å². The first-order valence-corrected chi connectivity index (χ1v) is 4.91. The Morgan fingerprint density at radius 1 is 1.60 bits per heavy atom. The molecular formula is C12H17FN2. The fourth-order valence-electron chi connectivity index (χ4n) is 1.45. The topological polar surface area (TPSA) is 38.0 Å². The quantitative estimate of drug-likeness (QED) is 0.453.